The van der Waals surface area contributed by atoms with Crippen molar-refractivity contribution in [3.8, 4) is 0 Å². The summed E-state index contributed by atoms with van der Waals surface area (Å²) in [6, 6.07) is 11.3. The van der Waals surface area contributed by atoms with E-state index in [2.05, 4.69) is 20.9 Å². The number of nitrogens with zero attached hydrogens (tertiary/aromatic N) is 1. The van der Waals surface area contributed by atoms with E-state index in [4.69, 9.17) is 34.8 Å². The van der Waals surface area contributed by atoms with Crippen molar-refractivity contribution in [2.45, 2.75) is 6.54 Å². The van der Waals surface area contributed by atoms with E-state index in [1.165, 1.54) is 0 Å². The number of hydrogen-bond donors (Lipinski definition) is 3. The summed E-state index contributed by atoms with van der Waals surface area (Å²) < 4.78 is 0. The first-order valence-corrected chi connectivity index (χ1v) is 8.29. The SMILES string of the molecule is Clc1ccc(CNc2cc(Cl)c(N=C3NCCN3)c(Cl)c2)cc1. The first kappa shape index (κ1) is 16.2. The third-order valence-electron chi connectivity index (χ3n) is 3.36. The molecule has 1 aliphatic rings. The van der Waals surface area contributed by atoms with Crippen molar-refractivity contribution in [1.82, 2.24) is 10.6 Å². The zero-order valence-electron chi connectivity index (χ0n) is 12.2. The molecule has 0 saturated carbocycles. The Hall–Kier alpha value is -1.62. The maximum Gasteiger partial charge on any atom is 0.196 e. The third-order valence-corrected chi connectivity index (χ3v) is 4.19. The first-order chi connectivity index (χ1) is 11.1. The molecule has 0 amide bonds. The van der Waals surface area contributed by atoms with Crippen LogP contribution in [0, 0.1) is 0 Å². The van der Waals surface area contributed by atoms with Crippen LogP contribution in [0.15, 0.2) is 41.4 Å². The summed E-state index contributed by atoms with van der Waals surface area (Å²) in [5.74, 6) is 0.690. The van der Waals surface area contributed by atoms with Crippen molar-refractivity contribution in [3.05, 3.63) is 57.0 Å². The molecule has 23 heavy (non-hydrogen) atoms. The number of halogens is 3. The summed E-state index contributed by atoms with van der Waals surface area (Å²) in [5, 5.41) is 11.3. The normalized spacial score (nSPS) is 13.4. The molecule has 0 spiro atoms. The van der Waals surface area contributed by atoms with Gasteiger partial charge in [0.2, 0.25) is 0 Å². The van der Waals surface area contributed by atoms with E-state index in [1.54, 1.807) is 0 Å². The van der Waals surface area contributed by atoms with Gasteiger partial charge in [-0.05, 0) is 29.8 Å². The Balaban J connectivity index is 1.74. The Morgan fingerprint density at radius 3 is 2.17 bits per heavy atom. The average molecular weight is 370 g/mol. The molecule has 0 aromatic heterocycles. The topological polar surface area (TPSA) is 48.5 Å². The molecule has 3 rings (SSSR count). The van der Waals surface area contributed by atoms with Gasteiger partial charge in [-0.3, -0.25) is 0 Å². The van der Waals surface area contributed by atoms with Gasteiger partial charge in [0, 0.05) is 30.3 Å². The Morgan fingerprint density at radius 1 is 0.957 bits per heavy atom. The van der Waals surface area contributed by atoms with Crippen molar-refractivity contribution < 1.29 is 0 Å². The molecule has 3 N–H and O–H groups in total. The molecule has 4 nitrogen and oxygen atoms in total. The lowest BCUT2D eigenvalue weighted by atomic mass is 10.2. The molecule has 120 valence electrons. The lowest BCUT2D eigenvalue weighted by Gasteiger charge is -2.10. The number of rotatable bonds is 4. The standard InChI is InChI=1S/C16H15Cl3N4/c17-11-3-1-10(2-4-11)9-22-12-7-13(18)15(14(19)8-12)23-16-20-5-6-21-16/h1-4,7-8,22H,5-6,9H2,(H2,20,21,23). The van der Waals surface area contributed by atoms with Gasteiger partial charge in [0.15, 0.2) is 5.96 Å². The lowest BCUT2D eigenvalue weighted by molar-refractivity contribution is 0.942. The minimum atomic E-state index is 0.499. The molecular weight excluding hydrogens is 355 g/mol. The van der Waals surface area contributed by atoms with Crippen LogP contribution in [0.5, 0.6) is 0 Å². The van der Waals surface area contributed by atoms with Crippen LogP contribution in [0.4, 0.5) is 11.4 Å². The molecule has 0 radical (unpaired) electrons. The van der Waals surface area contributed by atoms with Gasteiger partial charge < -0.3 is 16.0 Å². The Kier molecular flexibility index (Phi) is 5.16. The minimum Gasteiger partial charge on any atom is -0.381 e. The van der Waals surface area contributed by atoms with E-state index in [1.807, 2.05) is 36.4 Å². The number of guanidine groups is 1. The van der Waals surface area contributed by atoms with Crippen LogP contribution < -0.4 is 16.0 Å². The molecule has 1 aliphatic heterocycles. The monoisotopic (exact) mass is 368 g/mol. The van der Waals surface area contributed by atoms with Gasteiger partial charge in [0.1, 0.15) is 5.69 Å². The van der Waals surface area contributed by atoms with Gasteiger partial charge in [-0.25, -0.2) is 4.99 Å². The van der Waals surface area contributed by atoms with E-state index in [0.717, 1.165) is 29.4 Å². The van der Waals surface area contributed by atoms with Crippen molar-refractivity contribution in [1.29, 1.82) is 0 Å². The van der Waals surface area contributed by atoms with Gasteiger partial charge in [0.25, 0.3) is 0 Å². The van der Waals surface area contributed by atoms with E-state index >= 15 is 0 Å². The number of hydrogen-bond acceptors (Lipinski definition) is 2. The Labute approximate surface area is 149 Å². The summed E-state index contributed by atoms with van der Waals surface area (Å²) in [4.78, 5) is 4.41. The highest BCUT2D eigenvalue weighted by molar-refractivity contribution is 6.39. The fourth-order valence-electron chi connectivity index (χ4n) is 2.20. The van der Waals surface area contributed by atoms with E-state index in [-0.39, 0.29) is 0 Å². The fourth-order valence-corrected chi connectivity index (χ4v) is 2.89. The quantitative estimate of drug-likeness (QED) is 0.747. The van der Waals surface area contributed by atoms with Crippen LogP contribution in [0.3, 0.4) is 0 Å². The van der Waals surface area contributed by atoms with Crippen LogP contribution in [0.25, 0.3) is 0 Å². The molecular formula is C16H15Cl3N4. The van der Waals surface area contributed by atoms with Crippen LogP contribution in [-0.4, -0.2) is 19.0 Å². The number of nitrogens with one attached hydrogen (secondary N) is 3. The highest BCUT2D eigenvalue weighted by Gasteiger charge is 2.11. The second-order valence-electron chi connectivity index (χ2n) is 5.08. The zero-order valence-corrected chi connectivity index (χ0v) is 14.4. The Morgan fingerprint density at radius 2 is 1.57 bits per heavy atom. The second kappa shape index (κ2) is 7.30. The fraction of sp³-hybridized carbons (Fsp3) is 0.188. The molecule has 1 fully saturated rings. The Bertz CT molecular complexity index is 698. The van der Waals surface area contributed by atoms with Gasteiger partial charge >= 0.3 is 0 Å². The molecule has 2 aromatic carbocycles. The number of benzene rings is 2. The maximum absolute atomic E-state index is 6.31. The zero-order chi connectivity index (χ0) is 16.2. The highest BCUT2D eigenvalue weighted by atomic mass is 35.5. The summed E-state index contributed by atoms with van der Waals surface area (Å²) in [7, 11) is 0. The summed E-state index contributed by atoms with van der Waals surface area (Å²) in [6.45, 7) is 2.34. The summed E-state index contributed by atoms with van der Waals surface area (Å²) in [5.41, 5.74) is 2.51. The lowest BCUT2D eigenvalue weighted by Crippen LogP contribution is -2.23. The molecule has 2 aromatic rings. The van der Waals surface area contributed by atoms with Crippen molar-refractivity contribution in [2.24, 2.45) is 4.99 Å². The number of anilines is 1. The van der Waals surface area contributed by atoms with Crippen LogP contribution in [0.1, 0.15) is 5.56 Å². The van der Waals surface area contributed by atoms with E-state index in [9.17, 15) is 0 Å². The summed E-state index contributed by atoms with van der Waals surface area (Å²) >= 11 is 18.5. The van der Waals surface area contributed by atoms with Crippen molar-refractivity contribution in [3.63, 3.8) is 0 Å². The molecule has 7 heteroatoms. The van der Waals surface area contributed by atoms with Gasteiger partial charge in [-0.15, -0.1) is 0 Å². The molecule has 0 aliphatic carbocycles. The molecule has 1 heterocycles. The summed E-state index contributed by atoms with van der Waals surface area (Å²) in [6.07, 6.45) is 0. The smallest absolute Gasteiger partial charge is 0.196 e. The largest absolute Gasteiger partial charge is 0.381 e. The highest BCUT2D eigenvalue weighted by Crippen LogP contribution is 2.36. The third kappa shape index (κ3) is 4.22. The van der Waals surface area contributed by atoms with Crippen molar-refractivity contribution in [2.75, 3.05) is 18.4 Å². The van der Waals surface area contributed by atoms with Crippen LogP contribution >= 0.6 is 34.8 Å². The van der Waals surface area contributed by atoms with Crippen LogP contribution in [0.2, 0.25) is 15.1 Å². The molecule has 1 saturated heterocycles. The van der Waals surface area contributed by atoms with E-state index < -0.39 is 0 Å². The van der Waals surface area contributed by atoms with Gasteiger partial charge in [-0.1, -0.05) is 46.9 Å². The van der Waals surface area contributed by atoms with Crippen molar-refractivity contribution >= 4 is 52.1 Å². The first-order valence-electron chi connectivity index (χ1n) is 7.15. The van der Waals surface area contributed by atoms with E-state index in [0.29, 0.717) is 28.2 Å². The molecule has 0 unspecified atom stereocenters. The number of aliphatic imine (C=N–C) groups is 1. The van der Waals surface area contributed by atoms with Crippen LogP contribution in [-0.2, 0) is 6.54 Å². The molecule has 0 bridgehead atoms. The minimum absolute atomic E-state index is 0.499. The molecule has 0 atom stereocenters. The predicted molar refractivity (Wildman–Crippen MR) is 98.3 cm³/mol. The predicted octanol–water partition coefficient (Wildman–Crippen LogP) is 4.44. The average Bonchev–Trinajstić information content (AvgIpc) is 3.03. The van der Waals surface area contributed by atoms with Gasteiger partial charge in [-0.2, -0.15) is 0 Å². The maximum atomic E-state index is 6.31. The van der Waals surface area contributed by atoms with Gasteiger partial charge in [0.05, 0.1) is 10.0 Å². The second-order valence-corrected chi connectivity index (χ2v) is 6.33.